The van der Waals surface area contributed by atoms with Crippen LogP contribution < -0.4 is 5.32 Å². The Kier molecular flexibility index (Phi) is 5.14. The first kappa shape index (κ1) is 14.7. The van der Waals surface area contributed by atoms with Gasteiger partial charge in [0.25, 0.3) is 0 Å². The zero-order valence-electron chi connectivity index (χ0n) is 11.0. The van der Waals surface area contributed by atoms with Gasteiger partial charge in [-0.25, -0.2) is 4.39 Å². The zero-order chi connectivity index (χ0) is 13.1. The summed E-state index contributed by atoms with van der Waals surface area (Å²) in [5.41, 5.74) is 1.04. The van der Waals surface area contributed by atoms with Crippen LogP contribution in [0.5, 0.6) is 0 Å². The third kappa shape index (κ3) is 4.07. The zero-order valence-corrected chi connectivity index (χ0v) is 12.6. The summed E-state index contributed by atoms with van der Waals surface area (Å²) >= 11 is 3.51. The summed E-state index contributed by atoms with van der Waals surface area (Å²) in [5, 5.41) is 3.50. The molecule has 17 heavy (non-hydrogen) atoms. The van der Waals surface area contributed by atoms with E-state index in [-0.39, 0.29) is 17.3 Å². The molecule has 1 atom stereocenters. The van der Waals surface area contributed by atoms with Gasteiger partial charge in [-0.15, -0.1) is 0 Å². The molecule has 96 valence electrons. The molecule has 0 fully saturated rings. The number of halogens is 2. The van der Waals surface area contributed by atoms with Crippen LogP contribution >= 0.6 is 15.9 Å². The van der Waals surface area contributed by atoms with E-state index in [0.29, 0.717) is 0 Å². The van der Waals surface area contributed by atoms with Gasteiger partial charge in [-0.3, -0.25) is 0 Å². The van der Waals surface area contributed by atoms with E-state index in [0.717, 1.165) is 23.0 Å². The highest BCUT2D eigenvalue weighted by molar-refractivity contribution is 9.10. The van der Waals surface area contributed by atoms with Crippen molar-refractivity contribution < 1.29 is 4.39 Å². The average molecular weight is 302 g/mol. The number of hydrogen-bond donors (Lipinski definition) is 1. The standard InChI is InChI=1S/C14H21BrFN/c1-5-8-17-13(14(2,3)4)11-9-10(16)6-7-12(11)15/h6-7,9,13,17H,5,8H2,1-4H3. The van der Waals surface area contributed by atoms with Crippen LogP contribution in [0, 0.1) is 11.2 Å². The molecule has 0 aliphatic carbocycles. The maximum Gasteiger partial charge on any atom is 0.123 e. The molecule has 0 saturated carbocycles. The van der Waals surface area contributed by atoms with Crippen molar-refractivity contribution in [3.63, 3.8) is 0 Å². The van der Waals surface area contributed by atoms with Crippen molar-refractivity contribution in [2.24, 2.45) is 5.41 Å². The molecule has 1 aromatic rings. The molecule has 0 spiro atoms. The van der Waals surface area contributed by atoms with Gasteiger partial charge in [0.1, 0.15) is 5.82 Å². The van der Waals surface area contributed by atoms with Crippen molar-refractivity contribution in [1.29, 1.82) is 0 Å². The summed E-state index contributed by atoms with van der Waals surface area (Å²) in [6, 6.07) is 5.01. The predicted octanol–water partition coefficient (Wildman–Crippen LogP) is 4.68. The van der Waals surface area contributed by atoms with Crippen molar-refractivity contribution in [2.45, 2.75) is 40.2 Å². The van der Waals surface area contributed by atoms with Crippen LogP contribution in [0.15, 0.2) is 22.7 Å². The first-order chi connectivity index (χ1) is 7.86. The molecule has 0 radical (unpaired) electrons. The molecule has 0 bridgehead atoms. The van der Waals surface area contributed by atoms with E-state index in [1.807, 2.05) is 0 Å². The maximum absolute atomic E-state index is 13.4. The minimum Gasteiger partial charge on any atom is -0.309 e. The Morgan fingerprint density at radius 1 is 1.35 bits per heavy atom. The number of hydrogen-bond acceptors (Lipinski definition) is 1. The van der Waals surface area contributed by atoms with E-state index in [9.17, 15) is 4.39 Å². The minimum absolute atomic E-state index is 0.0471. The number of rotatable bonds is 4. The van der Waals surface area contributed by atoms with Gasteiger partial charge in [0.05, 0.1) is 0 Å². The topological polar surface area (TPSA) is 12.0 Å². The molecular formula is C14H21BrFN. The van der Waals surface area contributed by atoms with E-state index in [1.54, 1.807) is 12.1 Å². The molecule has 1 nitrogen and oxygen atoms in total. The first-order valence-corrected chi connectivity index (χ1v) is 6.84. The van der Waals surface area contributed by atoms with Crippen LogP contribution in [0.1, 0.15) is 45.7 Å². The second-order valence-corrected chi connectivity index (χ2v) is 6.27. The minimum atomic E-state index is -0.184. The molecule has 0 aromatic heterocycles. The average Bonchev–Trinajstić information content (AvgIpc) is 2.21. The monoisotopic (exact) mass is 301 g/mol. The molecule has 0 aliphatic rings. The summed E-state index contributed by atoms with van der Waals surface area (Å²) in [6.45, 7) is 9.56. The first-order valence-electron chi connectivity index (χ1n) is 6.04. The molecule has 1 N–H and O–H groups in total. The Bertz CT molecular complexity index is 371. The van der Waals surface area contributed by atoms with Crippen molar-refractivity contribution in [2.75, 3.05) is 6.54 Å². The lowest BCUT2D eigenvalue weighted by molar-refractivity contribution is 0.272. The van der Waals surface area contributed by atoms with Gasteiger partial charge < -0.3 is 5.32 Å². The molecule has 1 unspecified atom stereocenters. The second-order valence-electron chi connectivity index (χ2n) is 5.42. The van der Waals surface area contributed by atoms with Gasteiger partial charge in [0.15, 0.2) is 0 Å². The van der Waals surface area contributed by atoms with Crippen LogP contribution in [0.25, 0.3) is 0 Å². The van der Waals surface area contributed by atoms with Gasteiger partial charge in [0, 0.05) is 10.5 Å². The van der Waals surface area contributed by atoms with E-state index < -0.39 is 0 Å². The quantitative estimate of drug-likeness (QED) is 0.852. The number of benzene rings is 1. The van der Waals surface area contributed by atoms with Gasteiger partial charge >= 0.3 is 0 Å². The molecule has 0 heterocycles. The Labute approximate surface area is 112 Å². The Hall–Kier alpha value is -0.410. The third-order valence-electron chi connectivity index (χ3n) is 2.73. The second kappa shape index (κ2) is 5.96. The van der Waals surface area contributed by atoms with Crippen LogP contribution in [-0.2, 0) is 0 Å². The lowest BCUT2D eigenvalue weighted by Gasteiger charge is -2.33. The van der Waals surface area contributed by atoms with Crippen LogP contribution in [0.4, 0.5) is 4.39 Å². The molecule has 0 aliphatic heterocycles. The highest BCUT2D eigenvalue weighted by Crippen LogP contribution is 2.36. The fraction of sp³-hybridized carbons (Fsp3) is 0.571. The van der Waals surface area contributed by atoms with Crippen LogP contribution in [0.3, 0.4) is 0 Å². The van der Waals surface area contributed by atoms with Gasteiger partial charge in [-0.1, -0.05) is 43.6 Å². The van der Waals surface area contributed by atoms with Gasteiger partial charge in [0.2, 0.25) is 0 Å². The van der Waals surface area contributed by atoms with Crippen molar-refractivity contribution in [3.05, 3.63) is 34.1 Å². The predicted molar refractivity (Wildman–Crippen MR) is 74.6 cm³/mol. The fourth-order valence-electron chi connectivity index (χ4n) is 1.91. The molecular weight excluding hydrogens is 281 g/mol. The summed E-state index contributed by atoms with van der Waals surface area (Å²) in [6.07, 6.45) is 1.07. The maximum atomic E-state index is 13.4. The van der Waals surface area contributed by atoms with E-state index >= 15 is 0 Å². The van der Waals surface area contributed by atoms with Crippen LogP contribution in [0.2, 0.25) is 0 Å². The smallest absolute Gasteiger partial charge is 0.123 e. The fourth-order valence-corrected chi connectivity index (χ4v) is 2.38. The molecule has 0 amide bonds. The molecule has 0 saturated heterocycles. The van der Waals surface area contributed by atoms with E-state index in [1.165, 1.54) is 6.07 Å². The van der Waals surface area contributed by atoms with Gasteiger partial charge in [-0.2, -0.15) is 0 Å². The highest BCUT2D eigenvalue weighted by Gasteiger charge is 2.27. The summed E-state index contributed by atoms with van der Waals surface area (Å²) in [4.78, 5) is 0. The Morgan fingerprint density at radius 3 is 2.53 bits per heavy atom. The van der Waals surface area contributed by atoms with Gasteiger partial charge in [-0.05, 0) is 42.1 Å². The van der Waals surface area contributed by atoms with Crippen molar-refractivity contribution in [3.8, 4) is 0 Å². The van der Waals surface area contributed by atoms with Crippen molar-refractivity contribution >= 4 is 15.9 Å². The highest BCUT2D eigenvalue weighted by atomic mass is 79.9. The Balaban J connectivity index is 3.08. The summed E-state index contributed by atoms with van der Waals surface area (Å²) in [7, 11) is 0. The third-order valence-corrected chi connectivity index (χ3v) is 3.46. The lowest BCUT2D eigenvalue weighted by atomic mass is 9.82. The number of nitrogens with one attached hydrogen (secondary N) is 1. The van der Waals surface area contributed by atoms with Crippen molar-refractivity contribution in [1.82, 2.24) is 5.32 Å². The molecule has 3 heteroatoms. The lowest BCUT2D eigenvalue weighted by Crippen LogP contribution is -2.33. The SMILES string of the molecule is CCCNC(c1cc(F)ccc1Br)C(C)(C)C. The van der Waals surface area contributed by atoms with Crippen LogP contribution in [-0.4, -0.2) is 6.54 Å². The Morgan fingerprint density at radius 2 is 2.00 bits per heavy atom. The summed E-state index contributed by atoms with van der Waals surface area (Å²) < 4.78 is 14.3. The normalized spacial score (nSPS) is 13.8. The molecule has 1 aromatic carbocycles. The summed E-state index contributed by atoms with van der Waals surface area (Å²) in [5.74, 6) is -0.184. The molecule has 1 rings (SSSR count). The largest absolute Gasteiger partial charge is 0.309 e. The van der Waals surface area contributed by atoms with E-state index in [2.05, 4.69) is 48.9 Å². The van der Waals surface area contributed by atoms with E-state index in [4.69, 9.17) is 0 Å².